The van der Waals surface area contributed by atoms with Gasteiger partial charge in [-0.1, -0.05) is 36.4 Å². The predicted octanol–water partition coefficient (Wildman–Crippen LogP) is 1.15. The molecule has 6 nitrogen and oxygen atoms in total. The van der Waals surface area contributed by atoms with E-state index in [2.05, 4.69) is 19.4 Å². The second-order valence-electron chi connectivity index (χ2n) is 7.49. The van der Waals surface area contributed by atoms with E-state index in [0.29, 0.717) is 30.1 Å². The molecule has 1 atom stereocenters. The number of thiophene rings is 1. The van der Waals surface area contributed by atoms with Gasteiger partial charge in [0.1, 0.15) is 16.8 Å². The summed E-state index contributed by atoms with van der Waals surface area (Å²) in [7, 11) is 0.698. The normalized spacial score (nSPS) is 17.5. The van der Waals surface area contributed by atoms with Crippen LogP contribution in [0.2, 0.25) is 0 Å². The number of carbonyl (C=O) groups excluding carboxylic acids is 1. The summed E-state index contributed by atoms with van der Waals surface area (Å²) in [5.41, 5.74) is 1.09. The van der Waals surface area contributed by atoms with Crippen molar-refractivity contribution >= 4 is 27.3 Å². The van der Waals surface area contributed by atoms with Gasteiger partial charge in [0.25, 0.3) is 10.0 Å². The van der Waals surface area contributed by atoms with Crippen molar-refractivity contribution in [3.8, 4) is 0 Å². The highest BCUT2D eigenvalue weighted by molar-refractivity contribution is 7.91. The number of hydrogen-bond acceptors (Lipinski definition) is 4. The van der Waals surface area contributed by atoms with Gasteiger partial charge in [-0.25, -0.2) is 8.42 Å². The standard InChI is InChI=1S/C20H27N3O3S2/c1-22(2)15-18(16-7-4-3-5-8-16)21-20(24)17-10-12-23(13-11-17)28(25,26)19-9-6-14-27-19/h3-9,14,17-18H,10-13,15H2,1-2H3,(H,21,24)/p+1/t18-/m0/s1. The Hall–Kier alpha value is -1.74. The van der Waals surface area contributed by atoms with Crippen molar-refractivity contribution < 1.29 is 18.1 Å². The van der Waals surface area contributed by atoms with Crippen LogP contribution in [0.5, 0.6) is 0 Å². The number of quaternary nitrogens is 1. The van der Waals surface area contributed by atoms with Crippen LogP contribution in [0.1, 0.15) is 24.4 Å². The zero-order valence-electron chi connectivity index (χ0n) is 16.3. The maximum atomic E-state index is 12.9. The molecule has 2 N–H and O–H groups in total. The van der Waals surface area contributed by atoms with Gasteiger partial charge in [-0.05, 0) is 29.9 Å². The lowest BCUT2D eigenvalue weighted by atomic mass is 9.96. The molecule has 0 spiro atoms. The summed E-state index contributed by atoms with van der Waals surface area (Å²) in [6, 6.07) is 13.3. The molecule has 8 heteroatoms. The molecular formula is C20H28N3O3S2+. The maximum absolute atomic E-state index is 12.9. The maximum Gasteiger partial charge on any atom is 0.252 e. The second kappa shape index (κ2) is 9.17. The number of hydrogen-bond donors (Lipinski definition) is 2. The summed E-state index contributed by atoms with van der Waals surface area (Å²) < 4.78 is 27.2. The molecular weight excluding hydrogens is 394 g/mol. The molecule has 1 aromatic heterocycles. The summed E-state index contributed by atoms with van der Waals surface area (Å²) in [5.74, 6) is -0.138. The number of piperidine rings is 1. The molecule has 152 valence electrons. The van der Waals surface area contributed by atoms with Crippen LogP contribution in [0.15, 0.2) is 52.1 Å². The first-order valence-corrected chi connectivity index (χ1v) is 11.9. The quantitative estimate of drug-likeness (QED) is 0.703. The van der Waals surface area contributed by atoms with Gasteiger partial charge in [-0.3, -0.25) is 4.79 Å². The Kier molecular flexibility index (Phi) is 6.87. The lowest BCUT2D eigenvalue weighted by molar-refractivity contribution is -0.860. The number of carbonyl (C=O) groups is 1. The summed E-state index contributed by atoms with van der Waals surface area (Å²) >= 11 is 1.23. The van der Waals surface area contributed by atoms with E-state index in [1.54, 1.807) is 17.5 Å². The fraction of sp³-hybridized carbons (Fsp3) is 0.450. The highest BCUT2D eigenvalue weighted by Crippen LogP contribution is 2.26. The molecule has 28 heavy (non-hydrogen) atoms. The number of amides is 1. The smallest absolute Gasteiger partial charge is 0.252 e. The van der Waals surface area contributed by atoms with Gasteiger partial charge in [0.2, 0.25) is 5.91 Å². The molecule has 2 aromatic rings. The van der Waals surface area contributed by atoms with Crippen molar-refractivity contribution in [2.45, 2.75) is 23.1 Å². The molecule has 0 saturated carbocycles. The highest BCUT2D eigenvalue weighted by Gasteiger charge is 2.33. The number of benzene rings is 1. The Morgan fingerprint density at radius 1 is 1.18 bits per heavy atom. The van der Waals surface area contributed by atoms with Crippen LogP contribution < -0.4 is 10.2 Å². The SMILES string of the molecule is C[NH+](C)C[C@H](NC(=O)C1CCN(S(=O)(=O)c2cccs2)CC1)c1ccccc1. The average molecular weight is 423 g/mol. The molecule has 0 bridgehead atoms. The summed E-state index contributed by atoms with van der Waals surface area (Å²) in [5, 5.41) is 4.96. The van der Waals surface area contributed by atoms with Crippen molar-refractivity contribution in [3.63, 3.8) is 0 Å². The van der Waals surface area contributed by atoms with E-state index in [0.717, 1.165) is 12.1 Å². The first-order valence-electron chi connectivity index (χ1n) is 9.56. The molecule has 0 unspecified atom stereocenters. The minimum absolute atomic E-state index is 0.0169. The van der Waals surface area contributed by atoms with Crippen LogP contribution in [0.25, 0.3) is 0 Å². The third-order valence-electron chi connectivity index (χ3n) is 5.04. The number of nitrogens with one attached hydrogen (secondary N) is 2. The van der Waals surface area contributed by atoms with Gasteiger partial charge in [0.15, 0.2) is 0 Å². The topological polar surface area (TPSA) is 70.9 Å². The van der Waals surface area contributed by atoms with E-state index in [1.165, 1.54) is 20.5 Å². The molecule has 3 rings (SSSR count). The van der Waals surface area contributed by atoms with Gasteiger partial charge in [0.05, 0.1) is 14.1 Å². The Morgan fingerprint density at radius 2 is 1.86 bits per heavy atom. The van der Waals surface area contributed by atoms with Gasteiger partial charge in [-0.15, -0.1) is 11.3 Å². The molecule has 1 saturated heterocycles. The minimum atomic E-state index is -3.43. The van der Waals surface area contributed by atoms with Gasteiger partial charge >= 0.3 is 0 Å². The molecule has 0 aliphatic carbocycles. The molecule has 1 aromatic carbocycles. The zero-order chi connectivity index (χ0) is 20.1. The molecule has 1 fully saturated rings. The summed E-state index contributed by atoms with van der Waals surface area (Å²) in [6.07, 6.45) is 1.10. The number of sulfonamides is 1. The van der Waals surface area contributed by atoms with Gasteiger partial charge < -0.3 is 10.2 Å². The summed E-state index contributed by atoms with van der Waals surface area (Å²) in [6.45, 7) is 1.56. The van der Waals surface area contributed by atoms with Crippen molar-refractivity contribution in [2.24, 2.45) is 5.92 Å². The van der Waals surface area contributed by atoms with Crippen molar-refractivity contribution in [1.82, 2.24) is 9.62 Å². The van der Waals surface area contributed by atoms with E-state index in [4.69, 9.17) is 0 Å². The van der Waals surface area contributed by atoms with Crippen LogP contribution in [0.3, 0.4) is 0 Å². The molecule has 1 aliphatic heterocycles. The Balaban J connectivity index is 1.61. The zero-order valence-corrected chi connectivity index (χ0v) is 17.9. The lowest BCUT2D eigenvalue weighted by Gasteiger charge is -2.31. The van der Waals surface area contributed by atoms with Crippen LogP contribution in [-0.2, 0) is 14.8 Å². The lowest BCUT2D eigenvalue weighted by Crippen LogP contribution is -3.06. The molecule has 1 aliphatic rings. The number of rotatable bonds is 7. The van der Waals surface area contributed by atoms with Gasteiger partial charge in [0, 0.05) is 19.0 Å². The first-order chi connectivity index (χ1) is 13.4. The van der Waals surface area contributed by atoms with Crippen LogP contribution in [-0.4, -0.2) is 52.4 Å². The predicted molar refractivity (Wildman–Crippen MR) is 111 cm³/mol. The van der Waals surface area contributed by atoms with E-state index in [-0.39, 0.29) is 17.9 Å². The molecule has 1 amide bonds. The fourth-order valence-electron chi connectivity index (χ4n) is 3.53. The van der Waals surface area contributed by atoms with Crippen molar-refractivity contribution in [3.05, 3.63) is 53.4 Å². The first kappa shape index (κ1) is 21.0. The monoisotopic (exact) mass is 422 g/mol. The van der Waals surface area contributed by atoms with E-state index in [1.807, 2.05) is 30.3 Å². The molecule has 2 heterocycles. The number of likely N-dealkylation sites (N-methyl/N-ethyl adjacent to an activating group) is 1. The van der Waals surface area contributed by atoms with Crippen LogP contribution >= 0.6 is 11.3 Å². The minimum Gasteiger partial charge on any atom is -0.343 e. The second-order valence-corrected chi connectivity index (χ2v) is 10.6. The Bertz CT molecular complexity index is 859. The Labute approximate surface area is 171 Å². The summed E-state index contributed by atoms with van der Waals surface area (Å²) in [4.78, 5) is 14.1. The van der Waals surface area contributed by atoms with Crippen LogP contribution in [0, 0.1) is 5.92 Å². The average Bonchev–Trinajstić information content (AvgIpc) is 3.23. The van der Waals surface area contributed by atoms with E-state index < -0.39 is 10.0 Å². The van der Waals surface area contributed by atoms with Crippen molar-refractivity contribution in [1.29, 1.82) is 0 Å². The Morgan fingerprint density at radius 3 is 2.43 bits per heavy atom. The van der Waals surface area contributed by atoms with Crippen molar-refractivity contribution in [2.75, 3.05) is 33.7 Å². The third kappa shape index (κ3) is 5.00. The van der Waals surface area contributed by atoms with Gasteiger partial charge in [-0.2, -0.15) is 4.31 Å². The van der Waals surface area contributed by atoms with E-state index >= 15 is 0 Å². The third-order valence-corrected chi connectivity index (χ3v) is 8.32. The largest absolute Gasteiger partial charge is 0.343 e. The number of nitrogens with zero attached hydrogens (tertiary/aromatic N) is 1. The molecule has 0 radical (unpaired) electrons. The van der Waals surface area contributed by atoms with E-state index in [9.17, 15) is 13.2 Å². The highest BCUT2D eigenvalue weighted by atomic mass is 32.2. The fourth-order valence-corrected chi connectivity index (χ4v) is 6.15. The van der Waals surface area contributed by atoms with Crippen LogP contribution in [0.4, 0.5) is 0 Å².